The van der Waals surface area contributed by atoms with Crippen LogP contribution in [0.15, 0.2) is 12.7 Å². The van der Waals surface area contributed by atoms with Crippen molar-refractivity contribution in [1.82, 2.24) is 19.5 Å². The lowest BCUT2D eigenvalue weighted by Crippen LogP contribution is -2.20. The van der Waals surface area contributed by atoms with E-state index in [0.29, 0.717) is 23.5 Å². The molecule has 0 aliphatic heterocycles. The van der Waals surface area contributed by atoms with E-state index in [1.807, 2.05) is 0 Å². The van der Waals surface area contributed by atoms with Gasteiger partial charge in [-0.2, -0.15) is 0 Å². The van der Waals surface area contributed by atoms with Gasteiger partial charge < -0.3 is 29.0 Å². The first-order valence-corrected chi connectivity index (χ1v) is 15.1. The molecule has 2 aromatic heterocycles. The molecule has 0 saturated heterocycles. The van der Waals surface area contributed by atoms with Gasteiger partial charge in [-0.3, -0.25) is 0 Å². The smallest absolute Gasteiger partial charge is 0.165 e. The lowest BCUT2D eigenvalue weighted by Gasteiger charge is -2.25. The molecule has 0 aromatic carbocycles. The number of anilines is 1. The first kappa shape index (κ1) is 29.7. The highest BCUT2D eigenvalue weighted by molar-refractivity contribution is 7.51. The number of nitrogens with two attached hydrogens (primary N) is 1. The molecule has 0 fully saturated rings. The number of unbranched alkanes of at least 4 members (excludes halogenated alkanes) is 13. The van der Waals surface area contributed by atoms with Gasteiger partial charge >= 0.3 is 0 Å². The third-order valence-electron chi connectivity index (χ3n) is 6.19. The topological polar surface area (TPSA) is 128 Å². The van der Waals surface area contributed by atoms with Crippen LogP contribution in [0.3, 0.4) is 0 Å². The number of nitrogens with zero attached hydrogens (tertiary/aromatic N) is 4. The van der Waals surface area contributed by atoms with Gasteiger partial charge in [-0.15, -0.1) is 0 Å². The molecule has 200 valence electrons. The van der Waals surface area contributed by atoms with Crippen molar-refractivity contribution in [2.45, 2.75) is 116 Å². The van der Waals surface area contributed by atoms with E-state index in [1.165, 1.54) is 77.0 Å². The van der Waals surface area contributed by atoms with Gasteiger partial charge in [0.1, 0.15) is 18.2 Å². The maximum atomic E-state index is 12.2. The highest BCUT2D eigenvalue weighted by Gasteiger charge is 2.14. The van der Waals surface area contributed by atoms with Crippen molar-refractivity contribution in [3.05, 3.63) is 12.7 Å². The zero-order chi connectivity index (χ0) is 25.4. The number of hydrogen-bond acceptors (Lipinski definition) is 8. The lowest BCUT2D eigenvalue weighted by atomic mass is 10.0. The van der Waals surface area contributed by atoms with Crippen LogP contribution in [0.4, 0.5) is 5.82 Å². The molecule has 2 rings (SSSR count). The molecule has 9 nitrogen and oxygen atoms in total. The molecule has 0 saturated carbocycles. The molecule has 0 aliphatic carbocycles. The summed E-state index contributed by atoms with van der Waals surface area (Å²) in [5.74, 6) is 0.309. The number of nitrogen functional groups attached to an aromatic ring is 1. The molecule has 2 aromatic rings. The molecule has 1 unspecified atom stereocenters. The quantitative estimate of drug-likeness (QED) is 0.164. The van der Waals surface area contributed by atoms with Crippen LogP contribution in [0.25, 0.3) is 11.2 Å². The Hall–Kier alpha value is -1.54. The Bertz CT molecular complexity index is 879. The van der Waals surface area contributed by atoms with Crippen LogP contribution in [0, 0.1) is 0 Å². The van der Waals surface area contributed by atoms with Gasteiger partial charge in [-0.05, 0) is 13.3 Å². The van der Waals surface area contributed by atoms with Gasteiger partial charge in [-0.25, -0.2) is 15.0 Å². The predicted octanol–water partition coefficient (Wildman–Crippen LogP) is 5.82. The minimum absolute atomic E-state index is 0.221. The van der Waals surface area contributed by atoms with Crippen molar-refractivity contribution in [1.29, 1.82) is 0 Å². The summed E-state index contributed by atoms with van der Waals surface area (Å²) in [5, 5.41) is 0. The molecule has 0 radical (unpaired) electrons. The SMILES string of the molecule is CCCCCCCCCCCCCCCCOP(=O)([O-])CO[C@H](C)Cn1cnc2c(N)ncnc21. The summed E-state index contributed by atoms with van der Waals surface area (Å²) < 4.78 is 24.6. The molecule has 2 N–H and O–H groups in total. The number of rotatable bonds is 21. The van der Waals surface area contributed by atoms with Gasteiger partial charge in [0.15, 0.2) is 19.1 Å². The number of aromatic nitrogens is 4. The largest absolute Gasteiger partial charge is 0.777 e. The third kappa shape index (κ3) is 12.3. The molecule has 0 spiro atoms. The summed E-state index contributed by atoms with van der Waals surface area (Å²) in [6.07, 6.45) is 19.8. The number of ether oxygens (including phenoxy) is 1. The Labute approximate surface area is 210 Å². The van der Waals surface area contributed by atoms with Crippen LogP contribution in [0.5, 0.6) is 0 Å². The van der Waals surface area contributed by atoms with E-state index in [0.717, 1.165) is 19.3 Å². The van der Waals surface area contributed by atoms with Crippen LogP contribution in [0.1, 0.15) is 104 Å². The van der Waals surface area contributed by atoms with E-state index in [1.54, 1.807) is 17.8 Å². The van der Waals surface area contributed by atoms with Crippen LogP contribution >= 0.6 is 7.60 Å². The normalized spacial score (nSPS) is 14.4. The van der Waals surface area contributed by atoms with Crippen LogP contribution in [-0.4, -0.2) is 38.6 Å². The van der Waals surface area contributed by atoms with Gasteiger partial charge in [0.2, 0.25) is 0 Å². The highest BCUT2D eigenvalue weighted by atomic mass is 31.2. The number of imidazole rings is 1. The maximum absolute atomic E-state index is 12.2. The Morgan fingerprint density at radius 1 is 0.943 bits per heavy atom. The van der Waals surface area contributed by atoms with Crippen molar-refractivity contribution in [2.24, 2.45) is 0 Å². The predicted molar refractivity (Wildman–Crippen MR) is 139 cm³/mol. The van der Waals surface area contributed by atoms with Gasteiger partial charge in [0.25, 0.3) is 0 Å². The third-order valence-corrected chi connectivity index (χ3v) is 7.23. The van der Waals surface area contributed by atoms with Gasteiger partial charge in [-0.1, -0.05) is 90.4 Å². The van der Waals surface area contributed by atoms with E-state index in [9.17, 15) is 9.46 Å². The minimum atomic E-state index is -4.02. The van der Waals surface area contributed by atoms with Crippen LogP contribution in [-0.2, 0) is 20.4 Å². The van der Waals surface area contributed by atoms with Crippen molar-refractivity contribution in [3.8, 4) is 0 Å². The Morgan fingerprint density at radius 3 is 2.11 bits per heavy atom. The monoisotopic (exact) mass is 510 g/mol. The summed E-state index contributed by atoms with van der Waals surface area (Å²) in [7, 11) is -4.02. The molecule has 0 amide bonds. The molecule has 2 atom stereocenters. The van der Waals surface area contributed by atoms with E-state index in [2.05, 4.69) is 21.9 Å². The molecule has 10 heteroatoms. The Morgan fingerprint density at radius 2 is 1.51 bits per heavy atom. The molecular weight excluding hydrogens is 465 g/mol. The van der Waals surface area contributed by atoms with E-state index in [-0.39, 0.29) is 12.7 Å². The number of fused-ring (bicyclic) bond motifs is 1. The average molecular weight is 511 g/mol. The zero-order valence-electron chi connectivity index (χ0n) is 21.7. The summed E-state index contributed by atoms with van der Waals surface area (Å²) in [6, 6.07) is 0. The Kier molecular flexibility index (Phi) is 14.4. The molecule has 2 heterocycles. The first-order valence-electron chi connectivity index (χ1n) is 13.4. The second-order valence-electron chi connectivity index (χ2n) is 9.47. The fourth-order valence-electron chi connectivity index (χ4n) is 4.12. The molecular formula is C25H45N5O4P-. The Balaban J connectivity index is 1.46. The summed E-state index contributed by atoms with van der Waals surface area (Å²) >= 11 is 0. The zero-order valence-corrected chi connectivity index (χ0v) is 22.6. The van der Waals surface area contributed by atoms with E-state index in [4.69, 9.17) is 15.0 Å². The van der Waals surface area contributed by atoms with Crippen molar-refractivity contribution < 1.29 is 18.7 Å². The summed E-state index contributed by atoms with van der Waals surface area (Å²) in [4.78, 5) is 24.4. The van der Waals surface area contributed by atoms with Gasteiger partial charge in [0.05, 0.1) is 25.6 Å². The summed E-state index contributed by atoms with van der Waals surface area (Å²) in [5.41, 5.74) is 6.90. The van der Waals surface area contributed by atoms with Crippen molar-refractivity contribution >= 4 is 24.6 Å². The second-order valence-corrected chi connectivity index (χ2v) is 11.2. The first-order chi connectivity index (χ1) is 16.9. The second kappa shape index (κ2) is 17.0. The van der Waals surface area contributed by atoms with Crippen molar-refractivity contribution in [2.75, 3.05) is 18.7 Å². The average Bonchev–Trinajstić information content (AvgIpc) is 3.24. The lowest BCUT2D eigenvalue weighted by molar-refractivity contribution is -0.205. The van der Waals surface area contributed by atoms with Crippen LogP contribution in [0.2, 0.25) is 0 Å². The summed E-state index contributed by atoms with van der Waals surface area (Å²) in [6.45, 7) is 4.67. The molecule has 0 bridgehead atoms. The fraction of sp³-hybridized carbons (Fsp3) is 0.800. The highest BCUT2D eigenvalue weighted by Crippen LogP contribution is 2.37. The van der Waals surface area contributed by atoms with E-state index >= 15 is 0 Å². The van der Waals surface area contributed by atoms with Gasteiger partial charge in [0, 0.05) is 0 Å². The molecule has 0 aliphatic rings. The maximum Gasteiger partial charge on any atom is 0.165 e. The van der Waals surface area contributed by atoms with E-state index < -0.39 is 13.9 Å². The van der Waals surface area contributed by atoms with Crippen molar-refractivity contribution in [3.63, 3.8) is 0 Å². The standard InChI is InChI=1S/C25H46N5O4P/c1-3-4-5-6-7-8-9-10-11-12-13-14-15-16-17-34-35(31,32)21-33-22(2)18-30-20-29-23-24(26)27-19-28-25(23)30/h19-20,22H,3-18,21H2,1-2H3,(H,31,32)(H2,26,27,28)/p-1/t22-/m1/s1. The fourth-order valence-corrected chi connectivity index (χ4v) is 5.04. The number of hydrogen-bond donors (Lipinski definition) is 1. The van der Waals surface area contributed by atoms with Crippen LogP contribution < -0.4 is 10.6 Å². The minimum Gasteiger partial charge on any atom is -0.777 e. The molecule has 35 heavy (non-hydrogen) atoms.